The fourth-order valence-electron chi connectivity index (χ4n) is 0.178. The molecule has 0 aliphatic heterocycles. The first-order valence-electron chi connectivity index (χ1n) is 4.08. The molecular formula is C8H19FO3. The van der Waals surface area contributed by atoms with Crippen LogP contribution in [0, 0.1) is 5.92 Å². The van der Waals surface area contributed by atoms with Crippen molar-refractivity contribution in [1.82, 2.24) is 0 Å². The standard InChI is InChI=1S/C4H9FO.C4H10O2/c1-4(2-5)3-6;1-2-4(6)3-5/h4,6H,2-3H2,1H3;4-6H,2-3H2,1H3. The van der Waals surface area contributed by atoms with Crippen LogP contribution in [0.2, 0.25) is 0 Å². The van der Waals surface area contributed by atoms with Crippen molar-refractivity contribution in [2.75, 3.05) is 19.9 Å². The van der Waals surface area contributed by atoms with Gasteiger partial charge in [0.1, 0.15) is 0 Å². The zero-order chi connectivity index (χ0) is 9.98. The van der Waals surface area contributed by atoms with Crippen LogP contribution in [0.1, 0.15) is 20.3 Å². The van der Waals surface area contributed by atoms with Crippen molar-refractivity contribution in [2.45, 2.75) is 26.4 Å². The van der Waals surface area contributed by atoms with E-state index in [0.29, 0.717) is 6.42 Å². The van der Waals surface area contributed by atoms with Gasteiger partial charge >= 0.3 is 0 Å². The highest BCUT2D eigenvalue weighted by Gasteiger charge is 1.93. The fraction of sp³-hybridized carbons (Fsp3) is 1.00. The number of aliphatic hydroxyl groups is 3. The largest absolute Gasteiger partial charge is 0.396 e. The van der Waals surface area contributed by atoms with Crippen LogP contribution in [0.25, 0.3) is 0 Å². The minimum Gasteiger partial charge on any atom is -0.396 e. The van der Waals surface area contributed by atoms with E-state index in [4.69, 9.17) is 15.3 Å². The van der Waals surface area contributed by atoms with Gasteiger partial charge in [0.25, 0.3) is 0 Å². The lowest BCUT2D eigenvalue weighted by Crippen LogP contribution is -2.08. The van der Waals surface area contributed by atoms with Crippen LogP contribution in [-0.2, 0) is 0 Å². The van der Waals surface area contributed by atoms with E-state index < -0.39 is 12.8 Å². The molecule has 76 valence electrons. The molecule has 0 saturated heterocycles. The summed E-state index contributed by atoms with van der Waals surface area (Å²) in [6.45, 7) is 2.89. The Morgan fingerprint density at radius 1 is 1.25 bits per heavy atom. The summed E-state index contributed by atoms with van der Waals surface area (Å²) in [7, 11) is 0. The molecule has 0 fully saturated rings. The minimum absolute atomic E-state index is 0.0451. The van der Waals surface area contributed by atoms with Crippen molar-refractivity contribution in [3.05, 3.63) is 0 Å². The van der Waals surface area contributed by atoms with Gasteiger partial charge in [0.05, 0.1) is 19.4 Å². The second-order valence-corrected chi connectivity index (χ2v) is 2.69. The van der Waals surface area contributed by atoms with Crippen molar-refractivity contribution >= 4 is 0 Å². The van der Waals surface area contributed by atoms with Gasteiger partial charge in [-0.1, -0.05) is 13.8 Å². The van der Waals surface area contributed by atoms with Crippen molar-refractivity contribution < 1.29 is 19.7 Å². The Kier molecular flexibility index (Phi) is 12.9. The Balaban J connectivity index is 0. The topological polar surface area (TPSA) is 60.7 Å². The molecule has 0 spiro atoms. The van der Waals surface area contributed by atoms with Gasteiger partial charge in [-0.05, 0) is 6.42 Å². The molecule has 4 heteroatoms. The number of hydrogen-bond donors (Lipinski definition) is 3. The quantitative estimate of drug-likeness (QED) is 0.587. The summed E-state index contributed by atoms with van der Waals surface area (Å²) < 4.78 is 11.2. The lowest BCUT2D eigenvalue weighted by atomic mass is 10.2. The lowest BCUT2D eigenvalue weighted by Gasteiger charge is -1.97. The molecule has 0 heterocycles. The molecule has 0 aliphatic rings. The maximum Gasteiger partial charge on any atom is 0.0941 e. The Morgan fingerprint density at radius 2 is 1.75 bits per heavy atom. The summed E-state index contributed by atoms with van der Waals surface area (Å²) in [4.78, 5) is 0. The van der Waals surface area contributed by atoms with Crippen LogP contribution in [-0.4, -0.2) is 41.3 Å². The fourth-order valence-corrected chi connectivity index (χ4v) is 0.178. The van der Waals surface area contributed by atoms with Gasteiger partial charge in [0.2, 0.25) is 0 Å². The van der Waals surface area contributed by atoms with E-state index in [-0.39, 0.29) is 19.1 Å². The van der Waals surface area contributed by atoms with Gasteiger partial charge in [0.15, 0.2) is 0 Å². The van der Waals surface area contributed by atoms with Crippen molar-refractivity contribution in [3.8, 4) is 0 Å². The number of aliphatic hydroxyl groups excluding tert-OH is 3. The third-order valence-electron chi connectivity index (χ3n) is 1.26. The minimum atomic E-state index is -0.509. The highest BCUT2D eigenvalue weighted by molar-refractivity contribution is 4.43. The molecule has 0 radical (unpaired) electrons. The van der Waals surface area contributed by atoms with Gasteiger partial charge < -0.3 is 15.3 Å². The molecule has 0 aromatic rings. The first kappa shape index (κ1) is 14.3. The average molecular weight is 182 g/mol. The highest BCUT2D eigenvalue weighted by Crippen LogP contribution is 1.89. The molecule has 0 aliphatic carbocycles. The van der Waals surface area contributed by atoms with Crippen LogP contribution < -0.4 is 0 Å². The number of rotatable bonds is 4. The number of hydrogen-bond acceptors (Lipinski definition) is 3. The Labute approximate surface area is 72.8 Å². The summed E-state index contributed by atoms with van der Waals surface area (Å²) in [6, 6.07) is 0. The van der Waals surface area contributed by atoms with E-state index in [9.17, 15) is 4.39 Å². The maximum atomic E-state index is 11.2. The predicted molar refractivity (Wildman–Crippen MR) is 45.6 cm³/mol. The van der Waals surface area contributed by atoms with Crippen LogP contribution >= 0.6 is 0 Å². The second-order valence-electron chi connectivity index (χ2n) is 2.69. The Bertz CT molecular complexity index is 62.7. The van der Waals surface area contributed by atoms with Crippen molar-refractivity contribution in [3.63, 3.8) is 0 Å². The molecule has 3 N–H and O–H groups in total. The SMILES string of the molecule is CC(CO)CF.CCC(O)CO. The first-order chi connectivity index (χ1) is 5.62. The van der Waals surface area contributed by atoms with Crippen LogP contribution in [0.5, 0.6) is 0 Å². The molecule has 2 unspecified atom stereocenters. The smallest absolute Gasteiger partial charge is 0.0941 e. The van der Waals surface area contributed by atoms with Crippen LogP contribution in [0.4, 0.5) is 4.39 Å². The third-order valence-corrected chi connectivity index (χ3v) is 1.26. The summed E-state index contributed by atoms with van der Waals surface area (Å²) in [5.41, 5.74) is 0. The molecule has 2 atom stereocenters. The van der Waals surface area contributed by atoms with E-state index in [2.05, 4.69) is 0 Å². The molecule has 0 aromatic heterocycles. The zero-order valence-electron chi connectivity index (χ0n) is 7.70. The van der Waals surface area contributed by atoms with Crippen LogP contribution in [0.3, 0.4) is 0 Å². The summed E-state index contributed by atoms with van der Waals surface area (Å²) in [6.07, 6.45) is 0.126. The highest BCUT2D eigenvalue weighted by atomic mass is 19.1. The third kappa shape index (κ3) is 12.5. The van der Waals surface area contributed by atoms with Gasteiger partial charge in [-0.25, -0.2) is 0 Å². The maximum absolute atomic E-state index is 11.2. The molecule has 0 saturated carbocycles. The molecule has 12 heavy (non-hydrogen) atoms. The normalized spacial score (nSPS) is 14.5. The number of alkyl halides is 1. The van der Waals surface area contributed by atoms with Gasteiger partial charge in [-0.15, -0.1) is 0 Å². The molecule has 0 bridgehead atoms. The van der Waals surface area contributed by atoms with Gasteiger partial charge in [-0.2, -0.15) is 0 Å². The second kappa shape index (κ2) is 10.8. The average Bonchev–Trinajstić information content (AvgIpc) is 2.16. The first-order valence-corrected chi connectivity index (χ1v) is 4.08. The Morgan fingerprint density at radius 3 is 1.75 bits per heavy atom. The molecule has 3 nitrogen and oxygen atoms in total. The molecule has 0 rings (SSSR count). The van der Waals surface area contributed by atoms with E-state index in [1.807, 2.05) is 6.92 Å². The summed E-state index contributed by atoms with van der Waals surface area (Å²) >= 11 is 0. The van der Waals surface area contributed by atoms with Crippen molar-refractivity contribution in [2.24, 2.45) is 5.92 Å². The predicted octanol–water partition coefficient (Wildman–Crippen LogP) is 0.334. The van der Waals surface area contributed by atoms with Gasteiger partial charge in [0, 0.05) is 12.5 Å². The van der Waals surface area contributed by atoms with Gasteiger partial charge in [-0.3, -0.25) is 4.39 Å². The van der Waals surface area contributed by atoms with E-state index in [0.717, 1.165) is 0 Å². The monoisotopic (exact) mass is 182 g/mol. The van der Waals surface area contributed by atoms with E-state index >= 15 is 0 Å². The number of halogens is 1. The van der Waals surface area contributed by atoms with E-state index in [1.165, 1.54) is 0 Å². The molecular weight excluding hydrogens is 163 g/mol. The molecule has 0 aromatic carbocycles. The zero-order valence-corrected chi connectivity index (χ0v) is 7.70. The lowest BCUT2D eigenvalue weighted by molar-refractivity contribution is 0.0923. The summed E-state index contributed by atoms with van der Waals surface area (Å²) in [5, 5.41) is 24.6. The Hall–Kier alpha value is -0.190. The summed E-state index contributed by atoms with van der Waals surface area (Å²) in [5.74, 6) is -0.176. The van der Waals surface area contributed by atoms with Crippen LogP contribution in [0.15, 0.2) is 0 Å². The molecule has 0 amide bonds. The van der Waals surface area contributed by atoms with Crippen molar-refractivity contribution in [1.29, 1.82) is 0 Å². The van der Waals surface area contributed by atoms with E-state index in [1.54, 1.807) is 6.92 Å².